The van der Waals surface area contributed by atoms with Crippen LogP contribution >= 0.6 is 0 Å². The molecule has 0 aliphatic rings. The molecular weight excluding hydrogens is 216 g/mol. The van der Waals surface area contributed by atoms with Gasteiger partial charge in [0, 0.05) is 0 Å². The molecule has 1 aromatic rings. The lowest BCUT2D eigenvalue weighted by Crippen LogP contribution is -2.10. The van der Waals surface area contributed by atoms with E-state index in [1.807, 2.05) is 0 Å². The summed E-state index contributed by atoms with van der Waals surface area (Å²) in [4.78, 5) is 32.2. The molecule has 0 heterocycles. The third-order valence-electron chi connectivity index (χ3n) is 2.12. The maximum Gasteiger partial charge on any atom is 0.336 e. The highest BCUT2D eigenvalue weighted by Crippen LogP contribution is 2.17. The van der Waals surface area contributed by atoms with Gasteiger partial charge in [-0.15, -0.1) is 0 Å². The minimum absolute atomic E-state index is 0.0324. The normalized spacial score (nSPS) is 9.81. The van der Waals surface area contributed by atoms with Crippen LogP contribution in [0.1, 0.15) is 36.6 Å². The first-order valence-electron chi connectivity index (χ1n) is 4.19. The molecule has 84 valence electrons. The molecule has 0 unspecified atom stereocenters. The molecule has 6 heteroatoms. The van der Waals surface area contributed by atoms with Gasteiger partial charge in [0.1, 0.15) is 0 Å². The number of carboxylic acid groups (broad SMARTS) is 3. The van der Waals surface area contributed by atoms with Crippen molar-refractivity contribution in [1.29, 1.82) is 0 Å². The first kappa shape index (κ1) is 11.7. The SMILES string of the molecule is Cc1c(C(=O)O)cc(C(=O)O)cc1C(=O)O. The van der Waals surface area contributed by atoms with Gasteiger partial charge in [-0.1, -0.05) is 0 Å². The van der Waals surface area contributed by atoms with Crippen LogP contribution in [0, 0.1) is 6.92 Å². The van der Waals surface area contributed by atoms with Crippen LogP contribution in [0.25, 0.3) is 0 Å². The Morgan fingerprint density at radius 3 is 1.50 bits per heavy atom. The summed E-state index contributed by atoms with van der Waals surface area (Å²) in [5, 5.41) is 26.3. The van der Waals surface area contributed by atoms with Gasteiger partial charge in [-0.05, 0) is 24.6 Å². The van der Waals surface area contributed by atoms with Gasteiger partial charge in [-0.25, -0.2) is 14.4 Å². The van der Waals surface area contributed by atoms with Gasteiger partial charge in [-0.2, -0.15) is 0 Å². The Morgan fingerprint density at radius 2 is 1.25 bits per heavy atom. The standard InChI is InChI=1S/C10H8O6/c1-4-6(9(13)14)2-5(8(11)12)3-7(4)10(15)16/h2-3H,1H3,(H,11,12)(H,13,14)(H,15,16). The van der Waals surface area contributed by atoms with E-state index in [2.05, 4.69) is 0 Å². The molecule has 1 rings (SSSR count). The van der Waals surface area contributed by atoms with Gasteiger partial charge in [0.15, 0.2) is 0 Å². The topological polar surface area (TPSA) is 112 Å². The number of carboxylic acids is 3. The summed E-state index contributed by atoms with van der Waals surface area (Å²) in [5.74, 6) is -4.09. The molecule has 0 amide bonds. The number of aromatic carboxylic acids is 3. The molecule has 0 aliphatic heterocycles. The van der Waals surface area contributed by atoms with Crippen LogP contribution in [0.4, 0.5) is 0 Å². The van der Waals surface area contributed by atoms with Crippen LogP contribution in [-0.2, 0) is 0 Å². The lowest BCUT2D eigenvalue weighted by molar-refractivity contribution is 0.0695. The second-order valence-corrected chi connectivity index (χ2v) is 3.11. The zero-order valence-corrected chi connectivity index (χ0v) is 8.22. The van der Waals surface area contributed by atoms with E-state index in [1.165, 1.54) is 6.92 Å². The van der Waals surface area contributed by atoms with E-state index in [0.29, 0.717) is 0 Å². The summed E-state index contributed by atoms with van der Waals surface area (Å²) in [7, 11) is 0. The van der Waals surface area contributed by atoms with Gasteiger partial charge < -0.3 is 15.3 Å². The molecule has 0 atom stereocenters. The van der Waals surface area contributed by atoms with E-state index in [4.69, 9.17) is 15.3 Å². The number of rotatable bonds is 3. The van der Waals surface area contributed by atoms with Crippen molar-refractivity contribution in [2.45, 2.75) is 6.92 Å². The van der Waals surface area contributed by atoms with E-state index in [0.717, 1.165) is 12.1 Å². The Hall–Kier alpha value is -2.37. The highest BCUT2D eigenvalue weighted by atomic mass is 16.4. The lowest BCUT2D eigenvalue weighted by atomic mass is 9.98. The quantitative estimate of drug-likeness (QED) is 0.708. The van der Waals surface area contributed by atoms with Crippen molar-refractivity contribution in [3.05, 3.63) is 34.4 Å². The van der Waals surface area contributed by atoms with Crippen molar-refractivity contribution in [3.63, 3.8) is 0 Å². The van der Waals surface area contributed by atoms with E-state index >= 15 is 0 Å². The molecule has 0 fully saturated rings. The Kier molecular flexibility index (Phi) is 2.94. The Balaban J connectivity index is 3.57. The Labute approximate surface area is 89.8 Å². The largest absolute Gasteiger partial charge is 0.478 e. The average molecular weight is 224 g/mol. The zero-order chi connectivity index (χ0) is 12.5. The fourth-order valence-corrected chi connectivity index (χ4v) is 1.28. The first-order chi connectivity index (χ1) is 7.34. The smallest absolute Gasteiger partial charge is 0.336 e. The predicted molar refractivity (Wildman–Crippen MR) is 52.1 cm³/mol. The third kappa shape index (κ3) is 2.00. The molecule has 0 saturated heterocycles. The van der Waals surface area contributed by atoms with Gasteiger partial charge >= 0.3 is 17.9 Å². The van der Waals surface area contributed by atoms with E-state index in [1.54, 1.807) is 0 Å². The summed E-state index contributed by atoms with van der Waals surface area (Å²) in [6, 6.07) is 1.87. The maximum absolute atomic E-state index is 10.8. The fourth-order valence-electron chi connectivity index (χ4n) is 1.28. The summed E-state index contributed by atoms with van der Waals surface area (Å²) < 4.78 is 0. The molecule has 0 aromatic heterocycles. The molecule has 3 N–H and O–H groups in total. The first-order valence-corrected chi connectivity index (χ1v) is 4.19. The maximum atomic E-state index is 10.8. The van der Waals surface area contributed by atoms with Crippen LogP contribution in [-0.4, -0.2) is 33.2 Å². The summed E-state index contributed by atoms with van der Waals surface area (Å²) >= 11 is 0. The van der Waals surface area contributed by atoms with Crippen LogP contribution < -0.4 is 0 Å². The van der Waals surface area contributed by atoms with Gasteiger partial charge in [-0.3, -0.25) is 0 Å². The lowest BCUT2D eigenvalue weighted by Gasteiger charge is -2.06. The van der Waals surface area contributed by atoms with Crippen molar-refractivity contribution in [2.75, 3.05) is 0 Å². The second-order valence-electron chi connectivity index (χ2n) is 3.11. The van der Waals surface area contributed by atoms with Crippen molar-refractivity contribution in [1.82, 2.24) is 0 Å². The van der Waals surface area contributed by atoms with Crippen LogP contribution in [0.2, 0.25) is 0 Å². The molecule has 16 heavy (non-hydrogen) atoms. The predicted octanol–water partition coefficient (Wildman–Crippen LogP) is 1.09. The van der Waals surface area contributed by atoms with Crippen molar-refractivity contribution < 1.29 is 29.7 Å². The molecule has 0 spiro atoms. The minimum atomic E-state index is -1.37. The van der Waals surface area contributed by atoms with Crippen LogP contribution in [0.5, 0.6) is 0 Å². The fraction of sp³-hybridized carbons (Fsp3) is 0.100. The van der Waals surface area contributed by atoms with Crippen molar-refractivity contribution >= 4 is 17.9 Å². The molecule has 0 saturated carbocycles. The van der Waals surface area contributed by atoms with E-state index < -0.39 is 17.9 Å². The molecule has 1 aromatic carbocycles. The Morgan fingerprint density at radius 1 is 0.875 bits per heavy atom. The Bertz CT molecular complexity index is 453. The summed E-state index contributed by atoms with van der Waals surface area (Å²) in [6.45, 7) is 1.32. The van der Waals surface area contributed by atoms with Crippen molar-refractivity contribution in [3.8, 4) is 0 Å². The third-order valence-corrected chi connectivity index (χ3v) is 2.12. The summed E-state index contributed by atoms with van der Waals surface area (Å²) in [6.07, 6.45) is 0. The molecule has 0 bridgehead atoms. The zero-order valence-electron chi connectivity index (χ0n) is 8.22. The number of hydrogen-bond donors (Lipinski definition) is 3. The van der Waals surface area contributed by atoms with Crippen LogP contribution in [0.3, 0.4) is 0 Å². The minimum Gasteiger partial charge on any atom is -0.478 e. The highest BCUT2D eigenvalue weighted by Gasteiger charge is 2.19. The van der Waals surface area contributed by atoms with Gasteiger partial charge in [0.05, 0.1) is 16.7 Å². The number of carbonyl (C=O) groups is 3. The molecule has 0 radical (unpaired) electrons. The number of hydrogen-bond acceptors (Lipinski definition) is 3. The summed E-state index contributed by atoms with van der Waals surface area (Å²) in [5.41, 5.74) is -0.972. The number of benzene rings is 1. The second kappa shape index (κ2) is 4.01. The molecular formula is C10H8O6. The van der Waals surface area contributed by atoms with Gasteiger partial charge in [0.25, 0.3) is 0 Å². The average Bonchev–Trinajstić information content (AvgIpc) is 2.16. The molecule has 0 aliphatic carbocycles. The van der Waals surface area contributed by atoms with Gasteiger partial charge in [0.2, 0.25) is 0 Å². The van der Waals surface area contributed by atoms with Crippen LogP contribution in [0.15, 0.2) is 12.1 Å². The highest BCUT2D eigenvalue weighted by molar-refractivity contribution is 6.00. The van der Waals surface area contributed by atoms with E-state index in [9.17, 15) is 14.4 Å². The molecule has 6 nitrogen and oxygen atoms in total. The van der Waals surface area contributed by atoms with E-state index in [-0.39, 0.29) is 22.3 Å². The van der Waals surface area contributed by atoms with Crippen molar-refractivity contribution in [2.24, 2.45) is 0 Å². The monoisotopic (exact) mass is 224 g/mol.